The maximum absolute atomic E-state index is 11.3. The van der Waals surface area contributed by atoms with Crippen molar-refractivity contribution in [3.63, 3.8) is 0 Å². The smallest absolute Gasteiger partial charge is 0.269 e. The van der Waals surface area contributed by atoms with Crippen LogP contribution in [0.15, 0.2) is 102 Å². The van der Waals surface area contributed by atoms with Crippen LogP contribution in [-0.4, -0.2) is 27.7 Å². The molecule has 2 heterocycles. The third-order valence-corrected chi connectivity index (χ3v) is 6.96. The number of anilines is 1. The maximum atomic E-state index is 11.3. The molecule has 1 atom stereocenters. The number of rotatable bonds is 6. The molecule has 0 amide bonds. The molecule has 1 aromatic heterocycles. The van der Waals surface area contributed by atoms with Gasteiger partial charge in [0.25, 0.3) is 5.69 Å². The Hall–Kier alpha value is -4.82. The molecule has 1 aliphatic rings. The highest BCUT2D eigenvalue weighted by Crippen LogP contribution is 2.38. The van der Waals surface area contributed by atoms with Crippen molar-refractivity contribution >= 4 is 39.9 Å². The molecule has 0 spiro atoms. The van der Waals surface area contributed by atoms with Crippen LogP contribution in [0.3, 0.4) is 0 Å². The van der Waals surface area contributed by atoms with Gasteiger partial charge in [0.15, 0.2) is 0 Å². The summed E-state index contributed by atoms with van der Waals surface area (Å²) >= 11 is 6.35. The average molecular weight is 536 g/mol. The summed E-state index contributed by atoms with van der Waals surface area (Å²) in [5.41, 5.74) is 5.10. The summed E-state index contributed by atoms with van der Waals surface area (Å²) in [4.78, 5) is 20.7. The van der Waals surface area contributed by atoms with Crippen molar-refractivity contribution < 1.29 is 9.66 Å². The van der Waals surface area contributed by atoms with E-state index in [0.29, 0.717) is 17.4 Å². The molecule has 1 aliphatic heterocycles. The third-order valence-electron chi connectivity index (χ3n) is 6.72. The summed E-state index contributed by atoms with van der Waals surface area (Å²) in [6.07, 6.45) is 0.562. The minimum atomic E-state index is -0.404. The Kier molecular flexibility index (Phi) is 6.38. The first kappa shape index (κ1) is 24.5. The number of hydrogen-bond acceptors (Lipinski definition) is 7. The van der Waals surface area contributed by atoms with Gasteiger partial charge in [-0.2, -0.15) is 5.10 Å². The number of hydrazone groups is 1. The number of benzene rings is 4. The molecule has 4 aromatic carbocycles. The fraction of sp³-hybridized carbons (Fsp3) is 0.100. The van der Waals surface area contributed by atoms with E-state index >= 15 is 0 Å². The molecule has 0 aliphatic carbocycles. The summed E-state index contributed by atoms with van der Waals surface area (Å²) in [6.45, 7) is 0. The first-order valence-corrected chi connectivity index (χ1v) is 12.7. The van der Waals surface area contributed by atoms with Crippen LogP contribution in [0, 0.1) is 10.1 Å². The van der Waals surface area contributed by atoms with Crippen LogP contribution in [0.2, 0.25) is 5.02 Å². The second-order valence-electron chi connectivity index (χ2n) is 9.09. The van der Waals surface area contributed by atoms with E-state index in [1.165, 1.54) is 12.1 Å². The monoisotopic (exact) mass is 535 g/mol. The summed E-state index contributed by atoms with van der Waals surface area (Å²) in [5.74, 6) is 1.18. The highest BCUT2D eigenvalue weighted by atomic mass is 35.5. The fourth-order valence-corrected chi connectivity index (χ4v) is 4.91. The van der Waals surface area contributed by atoms with Crippen LogP contribution in [0.1, 0.15) is 23.6 Å². The van der Waals surface area contributed by atoms with Crippen LogP contribution in [0.4, 0.5) is 11.6 Å². The molecule has 5 aromatic rings. The molecule has 8 nitrogen and oxygen atoms in total. The summed E-state index contributed by atoms with van der Waals surface area (Å²) in [7, 11) is 1.63. The standard InChI is InChI=1S/C30H22ClN5O3/c1-39-24-14-9-19(10-15-24)27-18-28(20-7-12-23(13-8-20)36(37)38)35(34-27)30-32-26-16-11-22(31)17-25(26)29(33-30)21-5-3-2-4-6-21/h2-17,28H,18H2,1H3/t28-/m1/s1. The largest absolute Gasteiger partial charge is 0.497 e. The first-order valence-electron chi connectivity index (χ1n) is 12.3. The van der Waals surface area contributed by atoms with Gasteiger partial charge in [-0.15, -0.1) is 0 Å². The van der Waals surface area contributed by atoms with Crippen LogP contribution in [-0.2, 0) is 0 Å². The summed E-state index contributed by atoms with van der Waals surface area (Å²) < 4.78 is 5.31. The van der Waals surface area contributed by atoms with Gasteiger partial charge in [-0.25, -0.2) is 15.0 Å². The van der Waals surface area contributed by atoms with E-state index in [0.717, 1.165) is 44.7 Å². The Balaban J connectivity index is 1.51. The van der Waals surface area contributed by atoms with Gasteiger partial charge in [0, 0.05) is 34.5 Å². The molecule has 0 bridgehead atoms. The molecule has 0 unspecified atom stereocenters. The van der Waals surface area contributed by atoms with Crippen LogP contribution in [0.25, 0.3) is 22.2 Å². The van der Waals surface area contributed by atoms with Crippen LogP contribution < -0.4 is 9.75 Å². The third kappa shape index (κ3) is 4.78. The van der Waals surface area contributed by atoms with Crippen molar-refractivity contribution in [3.8, 4) is 17.0 Å². The lowest BCUT2D eigenvalue weighted by atomic mass is 9.98. The van der Waals surface area contributed by atoms with Crippen molar-refractivity contribution in [3.05, 3.63) is 123 Å². The van der Waals surface area contributed by atoms with Gasteiger partial charge in [-0.1, -0.05) is 54.1 Å². The molecule has 6 rings (SSSR count). The second kappa shape index (κ2) is 10.2. The zero-order chi connectivity index (χ0) is 26.9. The van der Waals surface area contributed by atoms with Gasteiger partial charge in [-0.05, 0) is 53.6 Å². The maximum Gasteiger partial charge on any atom is 0.269 e. The van der Waals surface area contributed by atoms with Crippen molar-refractivity contribution in [2.24, 2.45) is 5.10 Å². The first-order chi connectivity index (χ1) is 19.0. The van der Waals surface area contributed by atoms with E-state index in [1.54, 1.807) is 30.3 Å². The van der Waals surface area contributed by atoms with Crippen molar-refractivity contribution in [1.82, 2.24) is 9.97 Å². The lowest BCUT2D eigenvalue weighted by molar-refractivity contribution is -0.384. The molecule has 39 heavy (non-hydrogen) atoms. The molecule has 0 N–H and O–H groups in total. The highest BCUT2D eigenvalue weighted by Gasteiger charge is 2.32. The van der Waals surface area contributed by atoms with Gasteiger partial charge in [0.1, 0.15) is 5.75 Å². The quantitative estimate of drug-likeness (QED) is 0.168. The number of nitro benzene ring substituents is 1. The number of aromatic nitrogens is 2. The molecule has 0 fully saturated rings. The Morgan fingerprint density at radius 1 is 0.923 bits per heavy atom. The fourth-order valence-electron chi connectivity index (χ4n) is 4.74. The van der Waals surface area contributed by atoms with Crippen molar-refractivity contribution in [1.29, 1.82) is 0 Å². The topological polar surface area (TPSA) is 93.8 Å². The number of hydrogen-bond donors (Lipinski definition) is 0. The minimum Gasteiger partial charge on any atom is -0.497 e. The van der Waals surface area contributed by atoms with Gasteiger partial charge in [-0.3, -0.25) is 10.1 Å². The van der Waals surface area contributed by atoms with E-state index in [2.05, 4.69) is 0 Å². The molecular weight excluding hydrogens is 514 g/mol. The average Bonchev–Trinajstić information content (AvgIpc) is 3.43. The number of methoxy groups -OCH3 is 1. The number of halogens is 1. The van der Waals surface area contributed by atoms with Crippen molar-refractivity contribution in [2.45, 2.75) is 12.5 Å². The Bertz CT molecular complexity index is 1710. The zero-order valence-corrected chi connectivity index (χ0v) is 21.6. The Morgan fingerprint density at radius 3 is 2.36 bits per heavy atom. The SMILES string of the molecule is COc1ccc(C2=NN(c3nc(-c4ccccc4)c4cc(Cl)ccc4n3)[C@@H](c3ccc([N+](=O)[O-])cc3)C2)cc1. The van der Waals surface area contributed by atoms with E-state index in [4.69, 9.17) is 31.4 Å². The predicted octanol–water partition coefficient (Wildman–Crippen LogP) is 7.22. The lowest BCUT2D eigenvalue weighted by Crippen LogP contribution is -2.21. The number of ether oxygens (including phenoxy) is 1. The van der Waals surface area contributed by atoms with Crippen LogP contribution in [0.5, 0.6) is 5.75 Å². The Labute approximate surface area is 229 Å². The Morgan fingerprint density at radius 2 is 1.67 bits per heavy atom. The predicted molar refractivity (Wildman–Crippen MR) is 152 cm³/mol. The van der Waals surface area contributed by atoms with Crippen LogP contribution >= 0.6 is 11.6 Å². The van der Waals surface area contributed by atoms with E-state index in [9.17, 15) is 10.1 Å². The van der Waals surface area contributed by atoms with Gasteiger partial charge < -0.3 is 4.74 Å². The normalized spacial score (nSPS) is 14.9. The molecule has 192 valence electrons. The van der Waals surface area contributed by atoms with E-state index < -0.39 is 4.92 Å². The molecule has 0 radical (unpaired) electrons. The summed E-state index contributed by atoms with van der Waals surface area (Å²) in [5, 5.41) is 19.5. The van der Waals surface area contributed by atoms with Gasteiger partial charge in [0.2, 0.25) is 5.95 Å². The molecule has 0 saturated heterocycles. The second-order valence-corrected chi connectivity index (χ2v) is 9.52. The van der Waals surface area contributed by atoms with Gasteiger partial charge >= 0.3 is 0 Å². The van der Waals surface area contributed by atoms with E-state index in [-0.39, 0.29) is 11.7 Å². The van der Waals surface area contributed by atoms with Gasteiger partial charge in [0.05, 0.1) is 35.0 Å². The lowest BCUT2D eigenvalue weighted by Gasteiger charge is -2.23. The molecule has 9 heteroatoms. The number of nitrogens with zero attached hydrogens (tertiary/aromatic N) is 5. The zero-order valence-electron chi connectivity index (χ0n) is 20.9. The molecule has 0 saturated carbocycles. The highest BCUT2D eigenvalue weighted by molar-refractivity contribution is 6.31. The number of fused-ring (bicyclic) bond motifs is 1. The summed E-state index contributed by atoms with van der Waals surface area (Å²) in [6, 6.07) is 29.4. The molecular formula is C30H22ClN5O3. The van der Waals surface area contributed by atoms with E-state index in [1.807, 2.05) is 66.7 Å². The minimum absolute atomic E-state index is 0.0322. The number of nitro groups is 1. The number of non-ortho nitro benzene ring substituents is 1. The van der Waals surface area contributed by atoms with Crippen molar-refractivity contribution in [2.75, 3.05) is 12.1 Å².